The predicted molar refractivity (Wildman–Crippen MR) is 119 cm³/mol. The minimum Gasteiger partial charge on any atom is -0.379 e. The molecule has 6 nitrogen and oxygen atoms in total. The maximum atomic E-state index is 5.42. The van der Waals surface area contributed by atoms with Crippen LogP contribution < -0.4 is 5.32 Å². The molecule has 4 rings (SSSR count). The van der Waals surface area contributed by atoms with Crippen LogP contribution >= 0.6 is 11.3 Å². The molecule has 2 aromatic heterocycles. The molecular weight excluding hydrogens is 384 g/mol. The molecule has 154 valence electrons. The third-order valence-electron chi connectivity index (χ3n) is 5.14. The fourth-order valence-electron chi connectivity index (χ4n) is 3.63. The van der Waals surface area contributed by atoms with Gasteiger partial charge in [0, 0.05) is 37.7 Å². The van der Waals surface area contributed by atoms with Crippen LogP contribution in [0, 0.1) is 0 Å². The van der Waals surface area contributed by atoms with Crippen molar-refractivity contribution in [2.45, 2.75) is 19.4 Å². The van der Waals surface area contributed by atoms with E-state index in [0.29, 0.717) is 6.61 Å². The third-order valence-corrected chi connectivity index (χ3v) is 6.01. The van der Waals surface area contributed by atoms with Crippen molar-refractivity contribution in [2.24, 2.45) is 0 Å². The van der Waals surface area contributed by atoms with Gasteiger partial charge in [-0.25, -0.2) is 9.97 Å². The zero-order valence-corrected chi connectivity index (χ0v) is 17.7. The number of ether oxygens (including phenoxy) is 2. The second kappa shape index (κ2) is 10.1. The molecule has 29 heavy (non-hydrogen) atoms. The molecular formula is C22H28N4O2S. The summed E-state index contributed by atoms with van der Waals surface area (Å²) in [5, 5.41) is 6.86. The number of thiophene rings is 1. The summed E-state index contributed by atoms with van der Waals surface area (Å²) in [5.41, 5.74) is 2.38. The molecule has 0 atom stereocenters. The Labute approximate surface area is 175 Å². The van der Waals surface area contributed by atoms with E-state index in [1.807, 2.05) is 6.07 Å². The quantitative estimate of drug-likeness (QED) is 0.536. The van der Waals surface area contributed by atoms with Gasteiger partial charge in [-0.1, -0.05) is 30.3 Å². The lowest BCUT2D eigenvalue weighted by Gasteiger charge is -2.26. The minimum absolute atomic E-state index is 0.417. The van der Waals surface area contributed by atoms with E-state index in [0.717, 1.165) is 67.7 Å². The van der Waals surface area contributed by atoms with Crippen LogP contribution in [0.3, 0.4) is 0 Å². The van der Waals surface area contributed by atoms with Crippen molar-refractivity contribution in [3.63, 3.8) is 0 Å². The fraction of sp³-hybridized carbons (Fsp3) is 0.455. The van der Waals surface area contributed by atoms with E-state index in [-0.39, 0.29) is 0 Å². The molecule has 0 radical (unpaired) electrons. The van der Waals surface area contributed by atoms with Gasteiger partial charge in [-0.05, 0) is 24.9 Å². The Balaban J connectivity index is 1.47. The SMILES string of the molecule is COCc1nc(NCCCCN2CCOCC2)c2c(-c3ccccc3)csc2n1. The molecule has 0 spiro atoms. The van der Waals surface area contributed by atoms with E-state index >= 15 is 0 Å². The normalized spacial score (nSPS) is 15.1. The summed E-state index contributed by atoms with van der Waals surface area (Å²) in [6.07, 6.45) is 2.27. The van der Waals surface area contributed by atoms with Gasteiger partial charge in [0.15, 0.2) is 5.82 Å². The standard InChI is InChI=1S/C22H28N4O2S/c1-27-15-19-24-21(23-9-5-6-10-26-11-13-28-14-12-26)20-18(16-29-22(20)25-19)17-7-3-2-4-8-17/h2-4,7-8,16H,5-6,9-15H2,1H3,(H,23,24,25). The van der Waals surface area contributed by atoms with Crippen molar-refractivity contribution in [1.29, 1.82) is 0 Å². The topological polar surface area (TPSA) is 59.5 Å². The molecule has 1 N–H and O–H groups in total. The van der Waals surface area contributed by atoms with E-state index in [1.54, 1.807) is 18.4 Å². The number of unbranched alkanes of at least 4 members (excludes halogenated alkanes) is 1. The molecule has 3 aromatic rings. The van der Waals surface area contributed by atoms with E-state index in [2.05, 4.69) is 39.9 Å². The van der Waals surface area contributed by atoms with Gasteiger partial charge in [0.25, 0.3) is 0 Å². The summed E-state index contributed by atoms with van der Waals surface area (Å²) < 4.78 is 10.7. The first-order valence-corrected chi connectivity index (χ1v) is 11.1. The summed E-state index contributed by atoms with van der Waals surface area (Å²) in [4.78, 5) is 13.0. The highest BCUT2D eigenvalue weighted by Crippen LogP contribution is 2.37. The van der Waals surface area contributed by atoms with E-state index in [1.165, 1.54) is 17.5 Å². The molecule has 0 bridgehead atoms. The number of rotatable bonds is 9. The lowest BCUT2D eigenvalue weighted by Crippen LogP contribution is -2.36. The van der Waals surface area contributed by atoms with E-state index < -0.39 is 0 Å². The Morgan fingerprint density at radius 1 is 1.14 bits per heavy atom. The molecule has 1 saturated heterocycles. The lowest BCUT2D eigenvalue weighted by atomic mass is 10.1. The molecule has 0 aliphatic carbocycles. The summed E-state index contributed by atoms with van der Waals surface area (Å²) >= 11 is 1.66. The molecule has 1 fully saturated rings. The molecule has 7 heteroatoms. The Morgan fingerprint density at radius 2 is 1.97 bits per heavy atom. The summed E-state index contributed by atoms with van der Waals surface area (Å²) in [6, 6.07) is 10.4. The first kappa shape index (κ1) is 20.2. The molecule has 0 unspecified atom stereocenters. The lowest BCUT2D eigenvalue weighted by molar-refractivity contribution is 0.0373. The van der Waals surface area contributed by atoms with Gasteiger partial charge < -0.3 is 14.8 Å². The third kappa shape index (κ3) is 5.11. The van der Waals surface area contributed by atoms with Crippen molar-refractivity contribution >= 4 is 27.4 Å². The van der Waals surface area contributed by atoms with Crippen LogP contribution in [-0.2, 0) is 16.1 Å². The number of methoxy groups -OCH3 is 1. The zero-order valence-electron chi connectivity index (χ0n) is 16.9. The summed E-state index contributed by atoms with van der Waals surface area (Å²) in [6.45, 7) is 6.27. The Bertz CT molecular complexity index is 910. The molecule has 3 heterocycles. The number of nitrogens with zero attached hydrogens (tertiary/aromatic N) is 3. The highest BCUT2D eigenvalue weighted by atomic mass is 32.1. The highest BCUT2D eigenvalue weighted by Gasteiger charge is 2.15. The van der Waals surface area contributed by atoms with Gasteiger partial charge in [-0.2, -0.15) is 0 Å². The Hall–Kier alpha value is -2.06. The van der Waals surface area contributed by atoms with Crippen molar-refractivity contribution < 1.29 is 9.47 Å². The second-order valence-electron chi connectivity index (χ2n) is 7.20. The number of morpholine rings is 1. The van der Waals surface area contributed by atoms with Crippen molar-refractivity contribution in [1.82, 2.24) is 14.9 Å². The monoisotopic (exact) mass is 412 g/mol. The maximum absolute atomic E-state index is 5.42. The predicted octanol–water partition coefficient (Wildman–Crippen LogP) is 4.03. The number of hydrogen-bond donors (Lipinski definition) is 1. The zero-order chi connectivity index (χ0) is 19.9. The van der Waals surface area contributed by atoms with Crippen LogP contribution in [0.4, 0.5) is 5.82 Å². The second-order valence-corrected chi connectivity index (χ2v) is 8.06. The molecule has 1 aliphatic rings. The fourth-order valence-corrected chi connectivity index (χ4v) is 4.60. The van der Waals surface area contributed by atoms with E-state index in [9.17, 15) is 0 Å². The van der Waals surface area contributed by atoms with Crippen molar-refractivity contribution in [2.75, 3.05) is 51.8 Å². The van der Waals surface area contributed by atoms with Gasteiger partial charge in [0.2, 0.25) is 0 Å². The van der Waals surface area contributed by atoms with Crippen LogP contribution in [0.5, 0.6) is 0 Å². The maximum Gasteiger partial charge on any atom is 0.158 e. The van der Waals surface area contributed by atoms with Crippen LogP contribution in [0.1, 0.15) is 18.7 Å². The Morgan fingerprint density at radius 3 is 2.76 bits per heavy atom. The minimum atomic E-state index is 0.417. The summed E-state index contributed by atoms with van der Waals surface area (Å²) in [5.74, 6) is 1.63. The first-order valence-electron chi connectivity index (χ1n) is 10.2. The van der Waals surface area contributed by atoms with Crippen LogP contribution in [0.15, 0.2) is 35.7 Å². The van der Waals surface area contributed by atoms with Crippen LogP contribution in [-0.4, -0.2) is 61.4 Å². The van der Waals surface area contributed by atoms with Gasteiger partial charge in [0.1, 0.15) is 17.3 Å². The number of benzene rings is 1. The van der Waals surface area contributed by atoms with Crippen LogP contribution in [0.25, 0.3) is 21.3 Å². The smallest absolute Gasteiger partial charge is 0.158 e. The number of hydrogen-bond acceptors (Lipinski definition) is 7. The van der Waals surface area contributed by atoms with Crippen molar-refractivity contribution in [3.8, 4) is 11.1 Å². The number of aromatic nitrogens is 2. The molecule has 0 saturated carbocycles. The average Bonchev–Trinajstić information content (AvgIpc) is 3.19. The number of fused-ring (bicyclic) bond motifs is 1. The average molecular weight is 413 g/mol. The largest absolute Gasteiger partial charge is 0.379 e. The molecule has 0 amide bonds. The van der Waals surface area contributed by atoms with Gasteiger partial charge in [-0.15, -0.1) is 11.3 Å². The van der Waals surface area contributed by atoms with Crippen molar-refractivity contribution in [3.05, 3.63) is 41.5 Å². The summed E-state index contributed by atoms with van der Waals surface area (Å²) in [7, 11) is 1.68. The molecule has 1 aromatic carbocycles. The van der Waals surface area contributed by atoms with E-state index in [4.69, 9.17) is 19.4 Å². The molecule has 1 aliphatic heterocycles. The van der Waals surface area contributed by atoms with Gasteiger partial charge in [0.05, 0.1) is 18.6 Å². The highest BCUT2D eigenvalue weighted by molar-refractivity contribution is 7.17. The first-order chi connectivity index (χ1) is 14.3. The van der Waals surface area contributed by atoms with Gasteiger partial charge >= 0.3 is 0 Å². The Kier molecular flexibility index (Phi) is 7.05. The van der Waals surface area contributed by atoms with Crippen LogP contribution in [0.2, 0.25) is 0 Å². The number of anilines is 1. The van der Waals surface area contributed by atoms with Gasteiger partial charge in [-0.3, -0.25) is 4.90 Å². The number of nitrogens with one attached hydrogen (secondary N) is 1.